The van der Waals surface area contributed by atoms with E-state index >= 15 is 0 Å². The Balaban J connectivity index is 1.63. The number of hydrogen-bond donors (Lipinski definition) is 0. The van der Waals surface area contributed by atoms with Gasteiger partial charge in [0.1, 0.15) is 5.75 Å². The van der Waals surface area contributed by atoms with Crippen molar-refractivity contribution in [3.63, 3.8) is 0 Å². The molecular weight excluding hydrogens is 300 g/mol. The molecule has 3 nitrogen and oxygen atoms in total. The monoisotopic (exact) mass is 316 g/mol. The first kappa shape index (κ1) is 14.7. The van der Waals surface area contributed by atoms with Gasteiger partial charge in [-0.3, -0.25) is 0 Å². The Morgan fingerprint density at radius 3 is 2.46 bits per heavy atom. The van der Waals surface area contributed by atoms with E-state index in [0.29, 0.717) is 24.5 Å². The van der Waals surface area contributed by atoms with Gasteiger partial charge in [0.2, 0.25) is 0 Å². The lowest BCUT2D eigenvalue weighted by Gasteiger charge is -2.10. The Morgan fingerprint density at radius 1 is 0.833 bits per heavy atom. The molecule has 0 aliphatic carbocycles. The SMILES string of the molecule is O=C(Oc1ccccc1-c1ccccc1)c1ccc2c(c1)COC2. The molecule has 1 heterocycles. The Morgan fingerprint density at radius 2 is 1.58 bits per heavy atom. The Hall–Kier alpha value is -2.91. The van der Waals surface area contributed by atoms with Crippen molar-refractivity contribution in [3.05, 3.63) is 89.5 Å². The van der Waals surface area contributed by atoms with Crippen LogP contribution in [-0.4, -0.2) is 5.97 Å². The highest BCUT2D eigenvalue weighted by molar-refractivity contribution is 5.92. The van der Waals surface area contributed by atoms with E-state index in [0.717, 1.165) is 22.3 Å². The number of fused-ring (bicyclic) bond motifs is 1. The van der Waals surface area contributed by atoms with Gasteiger partial charge in [-0.25, -0.2) is 4.79 Å². The van der Waals surface area contributed by atoms with Gasteiger partial charge in [0.25, 0.3) is 0 Å². The van der Waals surface area contributed by atoms with Gasteiger partial charge >= 0.3 is 5.97 Å². The van der Waals surface area contributed by atoms with Gasteiger partial charge in [0.15, 0.2) is 0 Å². The maximum absolute atomic E-state index is 12.5. The fraction of sp³-hybridized carbons (Fsp3) is 0.0952. The number of esters is 1. The first-order valence-electron chi connectivity index (χ1n) is 7.87. The molecule has 0 N–H and O–H groups in total. The van der Waals surface area contributed by atoms with Gasteiger partial charge in [0.05, 0.1) is 18.8 Å². The number of carbonyl (C=O) groups is 1. The van der Waals surface area contributed by atoms with Crippen molar-refractivity contribution in [2.45, 2.75) is 13.2 Å². The maximum atomic E-state index is 12.5. The molecule has 0 unspecified atom stereocenters. The van der Waals surface area contributed by atoms with Crippen LogP contribution >= 0.6 is 0 Å². The molecule has 0 radical (unpaired) electrons. The summed E-state index contributed by atoms with van der Waals surface area (Å²) < 4.78 is 11.1. The van der Waals surface area contributed by atoms with E-state index in [9.17, 15) is 4.79 Å². The fourth-order valence-corrected chi connectivity index (χ4v) is 2.87. The molecule has 3 heteroatoms. The van der Waals surface area contributed by atoms with E-state index in [1.807, 2.05) is 66.7 Å². The lowest BCUT2D eigenvalue weighted by Crippen LogP contribution is -2.09. The molecule has 0 bridgehead atoms. The first-order valence-corrected chi connectivity index (χ1v) is 7.87. The number of hydrogen-bond acceptors (Lipinski definition) is 3. The Labute approximate surface area is 140 Å². The zero-order valence-corrected chi connectivity index (χ0v) is 13.1. The molecule has 0 saturated heterocycles. The summed E-state index contributed by atoms with van der Waals surface area (Å²) in [4.78, 5) is 12.5. The highest BCUT2D eigenvalue weighted by Gasteiger charge is 2.17. The molecule has 0 spiro atoms. The summed E-state index contributed by atoms with van der Waals surface area (Å²) in [5, 5.41) is 0. The van der Waals surface area contributed by atoms with Crippen molar-refractivity contribution >= 4 is 5.97 Å². The molecule has 24 heavy (non-hydrogen) atoms. The second-order valence-corrected chi connectivity index (χ2v) is 5.73. The minimum Gasteiger partial charge on any atom is -0.422 e. The third-order valence-corrected chi connectivity index (χ3v) is 4.13. The number of benzene rings is 3. The van der Waals surface area contributed by atoms with Crippen molar-refractivity contribution in [2.75, 3.05) is 0 Å². The number of rotatable bonds is 3. The van der Waals surface area contributed by atoms with Crippen LogP contribution < -0.4 is 4.74 Å². The predicted molar refractivity (Wildman–Crippen MR) is 91.8 cm³/mol. The van der Waals surface area contributed by atoms with Gasteiger partial charge in [-0.1, -0.05) is 54.6 Å². The van der Waals surface area contributed by atoms with Gasteiger partial charge in [0, 0.05) is 5.56 Å². The molecule has 1 aliphatic rings. The van der Waals surface area contributed by atoms with Crippen molar-refractivity contribution in [2.24, 2.45) is 0 Å². The van der Waals surface area contributed by atoms with Crippen LogP contribution in [0.15, 0.2) is 72.8 Å². The summed E-state index contributed by atoms with van der Waals surface area (Å²) in [7, 11) is 0. The number of ether oxygens (including phenoxy) is 2. The van der Waals surface area contributed by atoms with Crippen molar-refractivity contribution in [1.82, 2.24) is 0 Å². The molecular formula is C21H16O3. The zero-order valence-electron chi connectivity index (χ0n) is 13.1. The fourth-order valence-electron chi connectivity index (χ4n) is 2.87. The topological polar surface area (TPSA) is 35.5 Å². The maximum Gasteiger partial charge on any atom is 0.343 e. The normalized spacial score (nSPS) is 12.7. The van der Waals surface area contributed by atoms with Crippen LogP contribution in [-0.2, 0) is 18.0 Å². The minimum atomic E-state index is -0.354. The minimum absolute atomic E-state index is 0.354. The standard InChI is InChI=1S/C21H16O3/c22-21(16-10-11-17-13-23-14-18(17)12-16)24-20-9-5-4-8-19(20)15-6-2-1-3-7-15/h1-12H,13-14H2. The highest BCUT2D eigenvalue weighted by atomic mass is 16.5. The van der Waals surface area contributed by atoms with Gasteiger partial charge in [-0.2, -0.15) is 0 Å². The Kier molecular flexibility index (Phi) is 3.85. The van der Waals surface area contributed by atoms with Crippen molar-refractivity contribution in [1.29, 1.82) is 0 Å². The molecule has 0 saturated carbocycles. The highest BCUT2D eigenvalue weighted by Crippen LogP contribution is 2.30. The van der Waals surface area contributed by atoms with E-state index in [2.05, 4.69) is 0 Å². The van der Waals surface area contributed by atoms with Crippen molar-refractivity contribution < 1.29 is 14.3 Å². The summed E-state index contributed by atoms with van der Waals surface area (Å²) in [6.07, 6.45) is 0. The van der Waals surface area contributed by atoms with E-state index < -0.39 is 0 Å². The second kappa shape index (κ2) is 6.30. The second-order valence-electron chi connectivity index (χ2n) is 5.73. The predicted octanol–water partition coefficient (Wildman–Crippen LogP) is 4.60. The number of carbonyl (C=O) groups excluding carboxylic acids is 1. The summed E-state index contributed by atoms with van der Waals surface area (Å²) in [5.41, 5.74) is 4.65. The van der Waals surface area contributed by atoms with Crippen LogP contribution in [0.4, 0.5) is 0 Å². The van der Waals surface area contributed by atoms with Gasteiger partial charge < -0.3 is 9.47 Å². The molecule has 3 aromatic carbocycles. The van der Waals surface area contributed by atoms with Crippen LogP contribution in [0, 0.1) is 0 Å². The Bertz CT molecular complexity index is 885. The molecule has 3 aromatic rings. The molecule has 4 rings (SSSR count). The zero-order chi connectivity index (χ0) is 16.4. The molecule has 1 aliphatic heterocycles. The quantitative estimate of drug-likeness (QED) is 0.523. The van der Waals surface area contributed by atoms with Crippen LogP contribution in [0.1, 0.15) is 21.5 Å². The lowest BCUT2D eigenvalue weighted by atomic mass is 10.0. The van der Waals surface area contributed by atoms with E-state index in [1.54, 1.807) is 6.07 Å². The summed E-state index contributed by atoms with van der Waals surface area (Å²) in [5.74, 6) is 0.207. The van der Waals surface area contributed by atoms with Crippen LogP contribution in [0.5, 0.6) is 5.75 Å². The smallest absolute Gasteiger partial charge is 0.343 e. The molecule has 0 amide bonds. The van der Waals surface area contributed by atoms with Crippen molar-refractivity contribution in [3.8, 4) is 16.9 Å². The van der Waals surface area contributed by atoms with E-state index in [1.165, 1.54) is 0 Å². The average Bonchev–Trinajstić information content (AvgIpc) is 3.10. The summed E-state index contributed by atoms with van der Waals surface area (Å²) in [6.45, 7) is 1.17. The third kappa shape index (κ3) is 2.82. The molecule has 0 aromatic heterocycles. The van der Waals surface area contributed by atoms with E-state index in [4.69, 9.17) is 9.47 Å². The summed E-state index contributed by atoms with van der Waals surface area (Å²) in [6, 6.07) is 23.0. The van der Waals surface area contributed by atoms with Gasteiger partial charge in [-0.05, 0) is 34.9 Å². The number of para-hydroxylation sites is 1. The molecule has 118 valence electrons. The van der Waals surface area contributed by atoms with E-state index in [-0.39, 0.29) is 5.97 Å². The van der Waals surface area contributed by atoms with Crippen LogP contribution in [0.25, 0.3) is 11.1 Å². The van der Waals surface area contributed by atoms with Crippen LogP contribution in [0.3, 0.4) is 0 Å². The largest absolute Gasteiger partial charge is 0.422 e. The molecule has 0 fully saturated rings. The summed E-state index contributed by atoms with van der Waals surface area (Å²) >= 11 is 0. The third-order valence-electron chi connectivity index (χ3n) is 4.13. The molecule has 0 atom stereocenters. The van der Waals surface area contributed by atoms with Gasteiger partial charge in [-0.15, -0.1) is 0 Å². The van der Waals surface area contributed by atoms with Crippen LogP contribution in [0.2, 0.25) is 0 Å². The lowest BCUT2D eigenvalue weighted by molar-refractivity contribution is 0.0735. The average molecular weight is 316 g/mol. The first-order chi connectivity index (χ1) is 11.8.